The maximum atomic E-state index is 12.7. The third kappa shape index (κ3) is 6.17. The van der Waals surface area contributed by atoms with Crippen LogP contribution in [-0.4, -0.2) is 29.0 Å². The van der Waals surface area contributed by atoms with E-state index in [9.17, 15) is 14.4 Å². The number of amides is 2. The second-order valence-corrected chi connectivity index (χ2v) is 6.58. The molecule has 146 valence electrons. The lowest BCUT2D eigenvalue weighted by molar-refractivity contribution is -0.114. The minimum Gasteiger partial charge on any atom is -0.447 e. The van der Waals surface area contributed by atoms with E-state index < -0.39 is 6.09 Å². The number of hydrogen-bond acceptors (Lipinski definition) is 5. The number of thiocarbonyl (C=S) groups is 1. The van der Waals surface area contributed by atoms with Crippen LogP contribution in [0.25, 0.3) is 0 Å². The Hall–Kier alpha value is -3.26. The van der Waals surface area contributed by atoms with Crippen molar-refractivity contribution in [3.63, 3.8) is 0 Å². The van der Waals surface area contributed by atoms with Crippen molar-refractivity contribution in [1.29, 1.82) is 0 Å². The first-order valence-electron chi connectivity index (χ1n) is 8.56. The quantitative estimate of drug-likeness (QED) is 0.524. The zero-order valence-electron chi connectivity index (χ0n) is 15.7. The number of carbonyl (C=O) groups excluding carboxylic acids is 3. The van der Waals surface area contributed by atoms with Gasteiger partial charge in [0.2, 0.25) is 5.91 Å². The Morgan fingerprint density at radius 1 is 0.929 bits per heavy atom. The van der Waals surface area contributed by atoms with E-state index in [1.54, 1.807) is 56.3 Å². The Morgan fingerprint density at radius 3 is 2.21 bits per heavy atom. The number of ketones is 1. The molecule has 0 aromatic heterocycles. The van der Waals surface area contributed by atoms with Gasteiger partial charge in [0.15, 0.2) is 10.9 Å². The molecule has 0 saturated heterocycles. The molecule has 28 heavy (non-hydrogen) atoms. The number of carbonyl (C=O) groups is 3. The van der Waals surface area contributed by atoms with E-state index in [0.717, 1.165) is 0 Å². The van der Waals surface area contributed by atoms with Crippen molar-refractivity contribution in [2.75, 3.05) is 10.6 Å². The molecule has 0 spiro atoms. The molecule has 7 nitrogen and oxygen atoms in total. The molecule has 0 atom stereocenters. The van der Waals surface area contributed by atoms with Crippen LogP contribution in [0.3, 0.4) is 0 Å². The molecule has 2 aromatic carbocycles. The Bertz CT molecular complexity index is 898. The van der Waals surface area contributed by atoms with Crippen molar-refractivity contribution in [3.05, 3.63) is 59.7 Å². The first kappa shape index (κ1) is 21.0. The van der Waals surface area contributed by atoms with Gasteiger partial charge >= 0.3 is 6.09 Å². The third-order valence-corrected chi connectivity index (χ3v) is 3.64. The summed E-state index contributed by atoms with van der Waals surface area (Å²) in [5.41, 5.74) is 1.71. The summed E-state index contributed by atoms with van der Waals surface area (Å²) in [5, 5.41) is 7.83. The van der Waals surface area contributed by atoms with E-state index in [0.29, 0.717) is 22.5 Å². The Labute approximate surface area is 168 Å². The number of ether oxygens (including phenoxy) is 1. The maximum Gasteiger partial charge on any atom is 0.413 e. The highest BCUT2D eigenvalue weighted by atomic mass is 32.1. The Kier molecular flexibility index (Phi) is 7.22. The summed E-state index contributed by atoms with van der Waals surface area (Å²) in [6.07, 6.45) is -1.00. The lowest BCUT2D eigenvalue weighted by Crippen LogP contribution is -2.36. The van der Waals surface area contributed by atoms with E-state index in [1.165, 1.54) is 6.92 Å². The molecule has 0 unspecified atom stereocenters. The number of anilines is 2. The van der Waals surface area contributed by atoms with Crippen LogP contribution in [0.2, 0.25) is 0 Å². The van der Waals surface area contributed by atoms with Crippen LogP contribution in [0.1, 0.15) is 36.7 Å². The zero-order chi connectivity index (χ0) is 20.7. The fraction of sp³-hybridized carbons (Fsp3) is 0.200. The van der Waals surface area contributed by atoms with E-state index in [4.69, 9.17) is 17.0 Å². The molecule has 0 heterocycles. The average molecular weight is 399 g/mol. The summed E-state index contributed by atoms with van der Waals surface area (Å²) in [6, 6.07) is 13.6. The molecule has 0 fully saturated rings. The van der Waals surface area contributed by atoms with Crippen LogP contribution in [0.4, 0.5) is 16.2 Å². The van der Waals surface area contributed by atoms with Gasteiger partial charge < -0.3 is 15.4 Å². The van der Waals surface area contributed by atoms with Gasteiger partial charge in [0.05, 0.1) is 17.5 Å². The van der Waals surface area contributed by atoms with Gasteiger partial charge in [0, 0.05) is 18.1 Å². The molecule has 0 aliphatic rings. The van der Waals surface area contributed by atoms with Crippen molar-refractivity contribution in [2.24, 2.45) is 0 Å². The number of benzene rings is 2. The van der Waals surface area contributed by atoms with Crippen LogP contribution < -0.4 is 16.0 Å². The highest BCUT2D eigenvalue weighted by Gasteiger charge is 2.14. The molecule has 8 heteroatoms. The maximum absolute atomic E-state index is 12.7. The zero-order valence-corrected chi connectivity index (χ0v) is 16.6. The van der Waals surface area contributed by atoms with Crippen molar-refractivity contribution >= 4 is 46.5 Å². The molecule has 0 bridgehead atoms. The predicted octanol–water partition coefficient (Wildman–Crippen LogP) is 3.71. The van der Waals surface area contributed by atoms with E-state index in [-0.39, 0.29) is 22.9 Å². The van der Waals surface area contributed by atoms with Gasteiger partial charge in [-0.1, -0.05) is 30.3 Å². The second-order valence-electron chi connectivity index (χ2n) is 6.17. The Morgan fingerprint density at radius 2 is 1.61 bits per heavy atom. The molecule has 3 N–H and O–H groups in total. The number of rotatable bonds is 5. The van der Waals surface area contributed by atoms with Crippen LogP contribution in [0.15, 0.2) is 48.5 Å². The standard InChI is InChI=1S/C20H21N3O4S/c1-12(2)27-20(26)23-19(28)22-17-11-15(9-10-16(17)21-13(3)24)18(25)14-7-5-4-6-8-14/h4-12H,1-3H3,(H,21,24)(H2,22,23,26,28). The molecule has 2 amide bonds. The van der Waals surface area contributed by atoms with Crippen molar-refractivity contribution < 1.29 is 19.1 Å². The van der Waals surface area contributed by atoms with E-state index in [1.807, 2.05) is 6.07 Å². The number of hydrogen-bond donors (Lipinski definition) is 3. The lowest BCUT2D eigenvalue weighted by Gasteiger charge is -2.15. The predicted molar refractivity (Wildman–Crippen MR) is 112 cm³/mol. The molecule has 2 aromatic rings. The fourth-order valence-corrected chi connectivity index (χ4v) is 2.53. The smallest absolute Gasteiger partial charge is 0.413 e. The fourth-order valence-electron chi connectivity index (χ4n) is 2.33. The highest BCUT2D eigenvalue weighted by molar-refractivity contribution is 7.80. The van der Waals surface area contributed by atoms with Gasteiger partial charge in [-0.05, 0) is 44.3 Å². The summed E-state index contributed by atoms with van der Waals surface area (Å²) in [4.78, 5) is 35.8. The summed E-state index contributed by atoms with van der Waals surface area (Å²) >= 11 is 5.12. The SMILES string of the molecule is CC(=O)Nc1ccc(C(=O)c2ccccc2)cc1NC(=S)NC(=O)OC(C)C. The average Bonchev–Trinajstić information content (AvgIpc) is 2.62. The summed E-state index contributed by atoms with van der Waals surface area (Å²) in [5.74, 6) is -0.473. The Balaban J connectivity index is 2.26. The van der Waals surface area contributed by atoms with Crippen molar-refractivity contribution in [1.82, 2.24) is 5.32 Å². The van der Waals surface area contributed by atoms with Crippen molar-refractivity contribution in [2.45, 2.75) is 26.9 Å². The van der Waals surface area contributed by atoms with Gasteiger partial charge in [0.1, 0.15) is 0 Å². The molecule has 0 aliphatic carbocycles. The normalized spacial score (nSPS) is 10.1. The number of alkyl carbamates (subject to hydrolysis) is 1. The molecule has 0 aliphatic heterocycles. The van der Waals surface area contributed by atoms with Crippen LogP contribution in [-0.2, 0) is 9.53 Å². The largest absolute Gasteiger partial charge is 0.447 e. The van der Waals surface area contributed by atoms with Gasteiger partial charge in [-0.2, -0.15) is 0 Å². The second kappa shape index (κ2) is 9.61. The number of nitrogens with one attached hydrogen (secondary N) is 3. The van der Waals surface area contributed by atoms with E-state index >= 15 is 0 Å². The minimum atomic E-state index is -0.704. The van der Waals surface area contributed by atoms with E-state index in [2.05, 4.69) is 16.0 Å². The van der Waals surface area contributed by atoms with Crippen LogP contribution in [0.5, 0.6) is 0 Å². The molecule has 0 radical (unpaired) electrons. The first-order chi connectivity index (χ1) is 13.3. The monoisotopic (exact) mass is 399 g/mol. The minimum absolute atomic E-state index is 0.0263. The van der Waals surface area contributed by atoms with Gasteiger partial charge in [0.25, 0.3) is 0 Å². The summed E-state index contributed by atoms with van der Waals surface area (Å²) in [6.45, 7) is 4.79. The van der Waals surface area contributed by atoms with Crippen molar-refractivity contribution in [3.8, 4) is 0 Å². The van der Waals surface area contributed by atoms with Gasteiger partial charge in [-0.15, -0.1) is 0 Å². The van der Waals surface area contributed by atoms with Crippen LogP contribution in [0, 0.1) is 0 Å². The van der Waals surface area contributed by atoms with Gasteiger partial charge in [-0.3, -0.25) is 14.9 Å². The topological polar surface area (TPSA) is 96.5 Å². The summed E-state index contributed by atoms with van der Waals surface area (Å²) < 4.78 is 4.97. The third-order valence-electron chi connectivity index (χ3n) is 3.43. The lowest BCUT2D eigenvalue weighted by atomic mass is 10.0. The first-order valence-corrected chi connectivity index (χ1v) is 8.97. The molecular weight excluding hydrogens is 378 g/mol. The molecular formula is C20H21N3O4S. The van der Waals surface area contributed by atoms with Crippen LogP contribution >= 0.6 is 12.2 Å². The van der Waals surface area contributed by atoms with Gasteiger partial charge in [-0.25, -0.2) is 4.79 Å². The highest BCUT2D eigenvalue weighted by Crippen LogP contribution is 2.25. The summed E-state index contributed by atoms with van der Waals surface area (Å²) in [7, 11) is 0. The molecule has 0 saturated carbocycles. The molecule has 2 rings (SSSR count).